The zero-order valence-corrected chi connectivity index (χ0v) is 10.4. The number of rotatable bonds is 5. The Morgan fingerprint density at radius 3 is 2.07 bits per heavy atom. The van der Waals surface area contributed by atoms with E-state index in [1.54, 1.807) is 0 Å². The first-order valence-electron chi connectivity index (χ1n) is 5.92. The molecule has 1 nitrogen and oxygen atoms in total. The average molecular weight is 205 g/mol. The van der Waals surface area contributed by atoms with Crippen molar-refractivity contribution in [1.82, 2.24) is 5.32 Å². The van der Waals surface area contributed by atoms with Gasteiger partial charge < -0.3 is 5.32 Å². The van der Waals surface area contributed by atoms with Gasteiger partial charge in [-0.1, -0.05) is 52.0 Å². The molecule has 0 radical (unpaired) electrons. The molecular weight excluding hydrogens is 182 g/mol. The minimum absolute atomic E-state index is 0.583. The Balaban J connectivity index is 2.43. The summed E-state index contributed by atoms with van der Waals surface area (Å²) < 4.78 is 0. The summed E-state index contributed by atoms with van der Waals surface area (Å²) in [5.74, 6) is 0.632. The third-order valence-electron chi connectivity index (χ3n) is 2.61. The molecule has 0 aliphatic heterocycles. The van der Waals surface area contributed by atoms with Gasteiger partial charge in [-0.2, -0.15) is 0 Å². The van der Waals surface area contributed by atoms with Crippen LogP contribution in [-0.4, -0.2) is 12.6 Å². The summed E-state index contributed by atoms with van der Waals surface area (Å²) in [5, 5.41) is 3.43. The molecule has 0 fully saturated rings. The van der Waals surface area contributed by atoms with E-state index < -0.39 is 0 Å². The minimum atomic E-state index is 0.583. The molecule has 1 heteroatoms. The van der Waals surface area contributed by atoms with E-state index in [1.165, 1.54) is 11.1 Å². The summed E-state index contributed by atoms with van der Waals surface area (Å²) >= 11 is 0. The van der Waals surface area contributed by atoms with E-state index in [0.29, 0.717) is 12.0 Å². The summed E-state index contributed by atoms with van der Waals surface area (Å²) in [7, 11) is 0. The Labute approximate surface area is 93.9 Å². The highest BCUT2D eigenvalue weighted by Crippen LogP contribution is 2.14. The average Bonchev–Trinajstić information content (AvgIpc) is 2.18. The van der Waals surface area contributed by atoms with Gasteiger partial charge in [-0.15, -0.1) is 0 Å². The zero-order chi connectivity index (χ0) is 11.3. The fraction of sp³-hybridized carbons (Fsp3) is 0.571. The van der Waals surface area contributed by atoms with Crippen molar-refractivity contribution in [1.29, 1.82) is 0 Å². The Morgan fingerprint density at radius 2 is 1.60 bits per heavy atom. The topological polar surface area (TPSA) is 12.0 Å². The standard InChI is InChI=1S/C14H23N/c1-11(2)14-7-5-13(6-8-14)9-10-15-12(3)4/h5-8,11-12,15H,9-10H2,1-4H3. The van der Waals surface area contributed by atoms with E-state index in [-0.39, 0.29) is 0 Å². The van der Waals surface area contributed by atoms with Crippen LogP contribution >= 0.6 is 0 Å². The van der Waals surface area contributed by atoms with Crippen molar-refractivity contribution >= 4 is 0 Å². The largest absolute Gasteiger partial charge is 0.314 e. The van der Waals surface area contributed by atoms with Crippen molar-refractivity contribution in [2.24, 2.45) is 0 Å². The molecule has 1 aromatic carbocycles. The molecule has 1 aromatic rings. The van der Waals surface area contributed by atoms with Crippen LogP contribution < -0.4 is 5.32 Å². The van der Waals surface area contributed by atoms with Gasteiger partial charge in [0.05, 0.1) is 0 Å². The van der Waals surface area contributed by atoms with Crippen LogP contribution in [0.25, 0.3) is 0 Å². The van der Waals surface area contributed by atoms with Crippen LogP contribution in [0.4, 0.5) is 0 Å². The lowest BCUT2D eigenvalue weighted by molar-refractivity contribution is 0.590. The quantitative estimate of drug-likeness (QED) is 0.777. The SMILES string of the molecule is CC(C)NCCc1ccc(C(C)C)cc1. The molecule has 0 spiro atoms. The number of hydrogen-bond acceptors (Lipinski definition) is 1. The summed E-state index contributed by atoms with van der Waals surface area (Å²) in [6.45, 7) is 9.90. The van der Waals surface area contributed by atoms with Crippen LogP contribution in [0.2, 0.25) is 0 Å². The summed E-state index contributed by atoms with van der Waals surface area (Å²) in [6.07, 6.45) is 1.12. The molecule has 0 saturated carbocycles. The maximum atomic E-state index is 3.43. The Hall–Kier alpha value is -0.820. The van der Waals surface area contributed by atoms with Crippen molar-refractivity contribution in [3.05, 3.63) is 35.4 Å². The van der Waals surface area contributed by atoms with Gasteiger partial charge in [-0.05, 0) is 30.0 Å². The fourth-order valence-electron chi connectivity index (χ4n) is 1.57. The molecule has 1 N–H and O–H groups in total. The lowest BCUT2D eigenvalue weighted by Gasteiger charge is -2.09. The zero-order valence-electron chi connectivity index (χ0n) is 10.4. The van der Waals surface area contributed by atoms with Crippen LogP contribution in [0.3, 0.4) is 0 Å². The first-order chi connectivity index (χ1) is 7.09. The molecule has 0 aliphatic rings. The summed E-state index contributed by atoms with van der Waals surface area (Å²) in [5.41, 5.74) is 2.85. The van der Waals surface area contributed by atoms with E-state index in [9.17, 15) is 0 Å². The van der Waals surface area contributed by atoms with E-state index in [4.69, 9.17) is 0 Å². The van der Waals surface area contributed by atoms with E-state index in [1.807, 2.05) is 0 Å². The lowest BCUT2D eigenvalue weighted by atomic mass is 10.0. The van der Waals surface area contributed by atoms with Gasteiger partial charge in [-0.3, -0.25) is 0 Å². The lowest BCUT2D eigenvalue weighted by Crippen LogP contribution is -2.24. The first-order valence-corrected chi connectivity index (χ1v) is 5.92. The van der Waals surface area contributed by atoms with Crippen LogP contribution in [-0.2, 0) is 6.42 Å². The smallest absolute Gasteiger partial charge is 0.00105 e. The van der Waals surface area contributed by atoms with Gasteiger partial charge in [0, 0.05) is 6.04 Å². The van der Waals surface area contributed by atoms with Crippen molar-refractivity contribution < 1.29 is 0 Å². The Bertz CT molecular complexity index is 272. The van der Waals surface area contributed by atoms with Gasteiger partial charge in [-0.25, -0.2) is 0 Å². The second-order valence-corrected chi connectivity index (χ2v) is 4.76. The molecule has 1 rings (SSSR count). The third kappa shape index (κ3) is 4.48. The third-order valence-corrected chi connectivity index (χ3v) is 2.61. The molecule has 84 valence electrons. The monoisotopic (exact) mass is 205 g/mol. The summed E-state index contributed by atoms with van der Waals surface area (Å²) in [4.78, 5) is 0. The van der Waals surface area contributed by atoms with Crippen molar-refractivity contribution in [2.45, 2.75) is 46.1 Å². The van der Waals surface area contributed by atoms with Crippen LogP contribution in [0.15, 0.2) is 24.3 Å². The van der Waals surface area contributed by atoms with Crippen molar-refractivity contribution in [3.63, 3.8) is 0 Å². The van der Waals surface area contributed by atoms with E-state index >= 15 is 0 Å². The van der Waals surface area contributed by atoms with E-state index in [2.05, 4.69) is 57.3 Å². The highest BCUT2D eigenvalue weighted by atomic mass is 14.9. The molecular formula is C14H23N. The normalized spacial score (nSPS) is 11.3. The van der Waals surface area contributed by atoms with Crippen LogP contribution in [0.1, 0.15) is 44.7 Å². The van der Waals surface area contributed by atoms with E-state index in [0.717, 1.165) is 13.0 Å². The second-order valence-electron chi connectivity index (χ2n) is 4.76. The highest BCUT2D eigenvalue weighted by Gasteiger charge is 1.99. The molecule has 0 saturated heterocycles. The minimum Gasteiger partial charge on any atom is -0.314 e. The molecule has 0 unspecified atom stereocenters. The van der Waals surface area contributed by atoms with Gasteiger partial charge in [0.15, 0.2) is 0 Å². The predicted molar refractivity (Wildman–Crippen MR) is 67.4 cm³/mol. The van der Waals surface area contributed by atoms with Crippen LogP contribution in [0.5, 0.6) is 0 Å². The summed E-state index contributed by atoms with van der Waals surface area (Å²) in [6, 6.07) is 9.57. The molecule has 0 heterocycles. The second kappa shape index (κ2) is 5.92. The highest BCUT2D eigenvalue weighted by molar-refractivity contribution is 5.24. The number of hydrogen-bond donors (Lipinski definition) is 1. The van der Waals surface area contributed by atoms with Crippen molar-refractivity contribution in [2.75, 3.05) is 6.54 Å². The first kappa shape index (κ1) is 12.3. The molecule has 15 heavy (non-hydrogen) atoms. The number of benzene rings is 1. The van der Waals surface area contributed by atoms with Gasteiger partial charge in [0.2, 0.25) is 0 Å². The Kier molecular flexibility index (Phi) is 4.83. The Morgan fingerprint density at radius 1 is 1.00 bits per heavy atom. The molecule has 0 bridgehead atoms. The molecule has 0 amide bonds. The van der Waals surface area contributed by atoms with Gasteiger partial charge in [0.25, 0.3) is 0 Å². The number of nitrogens with one attached hydrogen (secondary N) is 1. The molecule has 0 aliphatic carbocycles. The van der Waals surface area contributed by atoms with Gasteiger partial charge >= 0.3 is 0 Å². The fourth-order valence-corrected chi connectivity index (χ4v) is 1.57. The van der Waals surface area contributed by atoms with Gasteiger partial charge in [0.1, 0.15) is 0 Å². The maximum Gasteiger partial charge on any atom is 0.00105 e. The predicted octanol–water partition coefficient (Wildman–Crippen LogP) is 3.35. The van der Waals surface area contributed by atoms with Crippen LogP contribution in [0, 0.1) is 0 Å². The maximum absolute atomic E-state index is 3.43. The molecule has 0 aromatic heterocycles. The molecule has 0 atom stereocenters. The van der Waals surface area contributed by atoms with Crippen molar-refractivity contribution in [3.8, 4) is 0 Å².